The Kier molecular flexibility index (Phi) is 3.65. The topological polar surface area (TPSA) is 44.9 Å². The van der Waals surface area contributed by atoms with Crippen molar-refractivity contribution in [3.63, 3.8) is 0 Å². The van der Waals surface area contributed by atoms with Gasteiger partial charge in [-0.2, -0.15) is 0 Å². The number of H-pyrrole nitrogens is 1. The second-order valence-electron chi connectivity index (χ2n) is 6.22. The fourth-order valence-electron chi connectivity index (χ4n) is 1.92. The molecule has 1 amide bonds. The number of aromatic amines is 1. The van der Waals surface area contributed by atoms with Crippen molar-refractivity contribution in [2.45, 2.75) is 27.7 Å². The number of amides is 1. The lowest BCUT2D eigenvalue weighted by Crippen LogP contribution is -2.33. The molecule has 1 aromatic carbocycles. The van der Waals surface area contributed by atoms with Crippen molar-refractivity contribution in [3.05, 3.63) is 36.0 Å². The molecule has 0 saturated carbocycles. The van der Waals surface area contributed by atoms with Gasteiger partial charge in [0.25, 0.3) is 5.91 Å². The average molecular weight is 258 g/mol. The first-order valence-corrected chi connectivity index (χ1v) is 6.74. The molecule has 2 N–H and O–H groups in total. The van der Waals surface area contributed by atoms with E-state index >= 15 is 0 Å². The van der Waals surface area contributed by atoms with Crippen LogP contribution in [0.1, 0.15) is 38.1 Å². The maximum absolute atomic E-state index is 12.3. The Morgan fingerprint density at radius 2 is 2.05 bits per heavy atom. The summed E-state index contributed by atoms with van der Waals surface area (Å²) in [4.78, 5) is 15.4. The van der Waals surface area contributed by atoms with Crippen molar-refractivity contribution in [1.29, 1.82) is 0 Å². The monoisotopic (exact) mass is 258 g/mol. The third-order valence-corrected chi connectivity index (χ3v) is 3.88. The van der Waals surface area contributed by atoms with Crippen molar-refractivity contribution in [2.24, 2.45) is 11.3 Å². The van der Waals surface area contributed by atoms with Crippen LogP contribution in [-0.2, 0) is 0 Å². The van der Waals surface area contributed by atoms with Gasteiger partial charge in [0, 0.05) is 18.1 Å². The minimum absolute atomic E-state index is 0.0100. The molecule has 3 heteroatoms. The van der Waals surface area contributed by atoms with Gasteiger partial charge in [0.2, 0.25) is 0 Å². The molecule has 0 aliphatic heterocycles. The minimum Gasteiger partial charge on any atom is -0.361 e. The van der Waals surface area contributed by atoms with E-state index in [1.807, 2.05) is 30.5 Å². The van der Waals surface area contributed by atoms with Crippen LogP contribution in [0.3, 0.4) is 0 Å². The summed E-state index contributed by atoms with van der Waals surface area (Å²) in [5, 5.41) is 4.09. The molecule has 19 heavy (non-hydrogen) atoms. The van der Waals surface area contributed by atoms with E-state index in [1.54, 1.807) is 0 Å². The van der Waals surface area contributed by atoms with E-state index in [4.69, 9.17) is 0 Å². The summed E-state index contributed by atoms with van der Waals surface area (Å²) in [6.07, 6.45) is 1.86. The number of fused-ring (bicyclic) bond motifs is 1. The van der Waals surface area contributed by atoms with Crippen LogP contribution in [0, 0.1) is 11.3 Å². The lowest BCUT2D eigenvalue weighted by atomic mass is 9.82. The Morgan fingerprint density at radius 3 is 2.74 bits per heavy atom. The molecular formula is C16H22N2O. The van der Waals surface area contributed by atoms with Crippen molar-refractivity contribution >= 4 is 16.8 Å². The molecule has 0 fully saturated rings. The third kappa shape index (κ3) is 2.98. The highest BCUT2D eigenvalue weighted by Gasteiger charge is 2.21. The van der Waals surface area contributed by atoms with Gasteiger partial charge in [0.1, 0.15) is 0 Å². The van der Waals surface area contributed by atoms with Crippen molar-refractivity contribution in [2.75, 3.05) is 6.54 Å². The summed E-state index contributed by atoms with van der Waals surface area (Å²) in [5.41, 5.74) is 1.82. The van der Waals surface area contributed by atoms with Gasteiger partial charge >= 0.3 is 0 Å². The zero-order chi connectivity index (χ0) is 14.0. The summed E-state index contributed by atoms with van der Waals surface area (Å²) < 4.78 is 0. The van der Waals surface area contributed by atoms with Gasteiger partial charge in [-0.25, -0.2) is 0 Å². The SMILES string of the molecule is CC(CNC(=O)c1cccc2cc[nH]c12)C(C)(C)C. The number of para-hydroxylation sites is 1. The molecule has 0 radical (unpaired) electrons. The van der Waals surface area contributed by atoms with Gasteiger partial charge in [0.15, 0.2) is 0 Å². The molecule has 1 atom stereocenters. The normalized spacial score (nSPS) is 13.5. The molecule has 0 aliphatic rings. The molecule has 1 unspecified atom stereocenters. The first kappa shape index (κ1) is 13.7. The third-order valence-electron chi connectivity index (χ3n) is 3.88. The predicted octanol–water partition coefficient (Wildman–Crippen LogP) is 3.58. The van der Waals surface area contributed by atoms with E-state index in [2.05, 4.69) is 38.0 Å². The lowest BCUT2D eigenvalue weighted by Gasteiger charge is -2.27. The number of hydrogen-bond acceptors (Lipinski definition) is 1. The van der Waals surface area contributed by atoms with Crippen LogP contribution in [0.4, 0.5) is 0 Å². The maximum Gasteiger partial charge on any atom is 0.253 e. The molecule has 2 rings (SSSR count). The van der Waals surface area contributed by atoms with Gasteiger partial charge in [-0.3, -0.25) is 4.79 Å². The van der Waals surface area contributed by atoms with Crippen LogP contribution in [0.15, 0.2) is 30.5 Å². The maximum atomic E-state index is 12.3. The predicted molar refractivity (Wildman–Crippen MR) is 79.3 cm³/mol. The van der Waals surface area contributed by atoms with E-state index in [0.29, 0.717) is 18.0 Å². The van der Waals surface area contributed by atoms with Crippen molar-refractivity contribution in [3.8, 4) is 0 Å². The molecule has 1 aromatic heterocycles. The lowest BCUT2D eigenvalue weighted by molar-refractivity contribution is 0.0938. The number of carbonyl (C=O) groups excluding carboxylic acids is 1. The zero-order valence-corrected chi connectivity index (χ0v) is 12.1. The highest BCUT2D eigenvalue weighted by molar-refractivity contribution is 6.05. The molecule has 102 valence electrons. The Bertz CT molecular complexity index is 578. The van der Waals surface area contributed by atoms with E-state index in [-0.39, 0.29) is 11.3 Å². The molecule has 0 saturated heterocycles. The number of carbonyl (C=O) groups is 1. The van der Waals surface area contributed by atoms with E-state index in [0.717, 1.165) is 10.9 Å². The van der Waals surface area contributed by atoms with Crippen LogP contribution in [0.5, 0.6) is 0 Å². The molecule has 0 bridgehead atoms. The molecular weight excluding hydrogens is 236 g/mol. The Morgan fingerprint density at radius 1 is 1.32 bits per heavy atom. The van der Waals surface area contributed by atoms with Crippen molar-refractivity contribution < 1.29 is 4.79 Å². The molecule has 0 aliphatic carbocycles. The summed E-state index contributed by atoms with van der Waals surface area (Å²) in [7, 11) is 0. The van der Waals surface area contributed by atoms with Crippen LogP contribution < -0.4 is 5.32 Å². The average Bonchev–Trinajstić information content (AvgIpc) is 2.82. The van der Waals surface area contributed by atoms with E-state index in [1.165, 1.54) is 0 Å². The summed E-state index contributed by atoms with van der Waals surface area (Å²) in [6.45, 7) is 9.43. The van der Waals surface area contributed by atoms with Crippen LogP contribution in [-0.4, -0.2) is 17.4 Å². The summed E-state index contributed by atoms with van der Waals surface area (Å²) >= 11 is 0. The van der Waals surface area contributed by atoms with Gasteiger partial charge in [-0.1, -0.05) is 39.8 Å². The summed E-state index contributed by atoms with van der Waals surface area (Å²) in [6, 6.07) is 7.75. The molecule has 1 heterocycles. The first-order valence-electron chi connectivity index (χ1n) is 6.74. The van der Waals surface area contributed by atoms with Crippen molar-refractivity contribution in [1.82, 2.24) is 10.3 Å². The highest BCUT2D eigenvalue weighted by atomic mass is 16.1. The number of nitrogens with one attached hydrogen (secondary N) is 2. The zero-order valence-electron chi connectivity index (χ0n) is 12.1. The smallest absolute Gasteiger partial charge is 0.253 e. The molecule has 0 spiro atoms. The second-order valence-corrected chi connectivity index (χ2v) is 6.22. The number of aromatic nitrogens is 1. The molecule has 3 nitrogen and oxygen atoms in total. The van der Waals surface area contributed by atoms with Crippen LogP contribution in [0.25, 0.3) is 10.9 Å². The van der Waals surface area contributed by atoms with Crippen LogP contribution in [0.2, 0.25) is 0 Å². The van der Waals surface area contributed by atoms with Gasteiger partial charge in [-0.15, -0.1) is 0 Å². The van der Waals surface area contributed by atoms with Gasteiger partial charge < -0.3 is 10.3 Å². The fraction of sp³-hybridized carbons (Fsp3) is 0.438. The first-order chi connectivity index (χ1) is 8.89. The van der Waals surface area contributed by atoms with E-state index in [9.17, 15) is 4.79 Å². The second kappa shape index (κ2) is 5.08. The quantitative estimate of drug-likeness (QED) is 0.868. The highest BCUT2D eigenvalue weighted by Crippen LogP contribution is 2.24. The summed E-state index contributed by atoms with van der Waals surface area (Å²) in [5.74, 6) is 0.420. The van der Waals surface area contributed by atoms with E-state index < -0.39 is 0 Å². The van der Waals surface area contributed by atoms with Gasteiger partial charge in [-0.05, 0) is 23.5 Å². The standard InChI is InChI=1S/C16H22N2O/c1-11(16(2,3)4)10-18-15(19)13-7-5-6-12-8-9-17-14(12)13/h5-9,11,17H,10H2,1-4H3,(H,18,19). The Labute approximate surface area is 114 Å². The minimum atomic E-state index is -0.0100. The largest absolute Gasteiger partial charge is 0.361 e. The molecule has 2 aromatic rings. The van der Waals surface area contributed by atoms with Crippen LogP contribution >= 0.6 is 0 Å². The van der Waals surface area contributed by atoms with Gasteiger partial charge in [0.05, 0.1) is 11.1 Å². The Balaban J connectivity index is 2.11. The Hall–Kier alpha value is -1.77. The fourth-order valence-corrected chi connectivity index (χ4v) is 1.92. The number of benzene rings is 1. The number of rotatable bonds is 3. The number of hydrogen-bond donors (Lipinski definition) is 2.